The van der Waals surface area contributed by atoms with E-state index >= 15 is 0 Å². The first-order valence-electron chi connectivity index (χ1n) is 9.61. The molecule has 0 saturated heterocycles. The summed E-state index contributed by atoms with van der Waals surface area (Å²) in [6, 6.07) is 8.01. The van der Waals surface area contributed by atoms with Crippen molar-refractivity contribution < 1.29 is 27.1 Å². The molecule has 0 amide bonds. The largest absolute Gasteiger partial charge is 0.478 e. The number of nitrogens with zero attached hydrogens (tertiary/aromatic N) is 4. The molecular weight excluding hydrogens is 439 g/mol. The molecule has 2 aromatic carbocycles. The van der Waals surface area contributed by atoms with Gasteiger partial charge in [0.1, 0.15) is 22.7 Å². The second-order valence-electron chi connectivity index (χ2n) is 7.64. The van der Waals surface area contributed by atoms with E-state index in [9.17, 15) is 22.7 Å². The standard InChI is InChI=1S/C21H17FN4O5S/c1-11-15-7-16-18(31-20(19(16)21(27)28)12-3-5-13(22)6-4-12)8-17(15)25(32(2,29)30)10-14-9-23-24-26(11)14/h3-9,11H,10H2,1-2H3,(H,27,28). The number of aromatic carboxylic acids is 1. The van der Waals surface area contributed by atoms with Gasteiger partial charge in [0.15, 0.2) is 0 Å². The van der Waals surface area contributed by atoms with Crippen LogP contribution in [-0.2, 0) is 16.6 Å². The highest BCUT2D eigenvalue weighted by molar-refractivity contribution is 7.92. The Bertz CT molecular complexity index is 1490. The van der Waals surface area contributed by atoms with E-state index in [2.05, 4.69) is 10.3 Å². The highest BCUT2D eigenvalue weighted by Gasteiger charge is 2.32. The summed E-state index contributed by atoms with van der Waals surface area (Å²) < 4.78 is 47.4. The van der Waals surface area contributed by atoms with Crippen molar-refractivity contribution >= 4 is 32.6 Å². The molecule has 0 radical (unpaired) electrons. The van der Waals surface area contributed by atoms with E-state index in [-0.39, 0.29) is 23.5 Å². The summed E-state index contributed by atoms with van der Waals surface area (Å²) in [5.74, 6) is -1.62. The molecule has 3 heterocycles. The first-order valence-corrected chi connectivity index (χ1v) is 11.5. The summed E-state index contributed by atoms with van der Waals surface area (Å²) in [7, 11) is -3.69. The molecule has 2 aromatic heterocycles. The first-order chi connectivity index (χ1) is 15.1. The monoisotopic (exact) mass is 456 g/mol. The van der Waals surface area contributed by atoms with E-state index in [4.69, 9.17) is 4.42 Å². The summed E-state index contributed by atoms with van der Waals surface area (Å²) in [4.78, 5) is 12.2. The Morgan fingerprint density at radius 3 is 2.62 bits per heavy atom. The molecule has 0 saturated carbocycles. The fourth-order valence-electron chi connectivity index (χ4n) is 4.08. The summed E-state index contributed by atoms with van der Waals surface area (Å²) >= 11 is 0. The topological polar surface area (TPSA) is 119 Å². The third kappa shape index (κ3) is 3.04. The number of aromatic nitrogens is 3. The van der Waals surface area contributed by atoms with Crippen molar-refractivity contribution in [2.75, 3.05) is 10.6 Å². The maximum atomic E-state index is 13.4. The van der Waals surface area contributed by atoms with Gasteiger partial charge in [0.2, 0.25) is 10.0 Å². The van der Waals surface area contributed by atoms with Crippen molar-refractivity contribution in [2.24, 2.45) is 0 Å². The van der Waals surface area contributed by atoms with Crippen LogP contribution in [0.5, 0.6) is 0 Å². The average Bonchev–Trinajstić information content (AvgIpc) is 3.31. The Balaban J connectivity index is 1.83. The zero-order valence-electron chi connectivity index (χ0n) is 17.0. The molecule has 1 atom stereocenters. The van der Waals surface area contributed by atoms with E-state index in [1.54, 1.807) is 10.7 Å². The highest BCUT2D eigenvalue weighted by Crippen LogP contribution is 2.42. The normalized spacial score (nSPS) is 16.0. The summed E-state index contributed by atoms with van der Waals surface area (Å²) in [5, 5.41) is 18.2. The van der Waals surface area contributed by atoms with Crippen LogP contribution in [0, 0.1) is 5.82 Å². The van der Waals surface area contributed by atoms with Gasteiger partial charge in [-0.15, -0.1) is 5.10 Å². The second-order valence-corrected chi connectivity index (χ2v) is 9.55. The van der Waals surface area contributed by atoms with Crippen molar-refractivity contribution in [3.8, 4) is 11.3 Å². The van der Waals surface area contributed by atoms with Crippen LogP contribution in [-0.4, -0.2) is 40.7 Å². The number of furan rings is 1. The van der Waals surface area contributed by atoms with Gasteiger partial charge >= 0.3 is 5.97 Å². The van der Waals surface area contributed by atoms with Crippen LogP contribution in [0.1, 0.15) is 34.6 Å². The van der Waals surface area contributed by atoms with E-state index in [0.717, 1.165) is 6.26 Å². The molecule has 32 heavy (non-hydrogen) atoms. The van der Waals surface area contributed by atoms with Crippen molar-refractivity contribution in [3.05, 3.63) is 65.2 Å². The SMILES string of the molecule is CC1c2cc3c(C(=O)O)c(-c4ccc(F)cc4)oc3cc2N(S(C)(=O)=O)Cc2cnnn21. The van der Waals surface area contributed by atoms with E-state index in [0.29, 0.717) is 27.9 Å². The molecule has 5 rings (SSSR count). The van der Waals surface area contributed by atoms with Gasteiger partial charge in [-0.05, 0) is 37.3 Å². The molecule has 11 heteroatoms. The number of fused-ring (bicyclic) bond motifs is 3. The highest BCUT2D eigenvalue weighted by atomic mass is 32.2. The molecule has 0 bridgehead atoms. The minimum absolute atomic E-state index is 0.0198. The minimum atomic E-state index is -3.69. The molecule has 1 aliphatic heterocycles. The average molecular weight is 456 g/mol. The molecule has 1 N–H and O–H groups in total. The summed E-state index contributed by atoms with van der Waals surface area (Å²) in [6.07, 6.45) is 2.60. The van der Waals surface area contributed by atoms with Crippen molar-refractivity contribution in [3.63, 3.8) is 0 Å². The van der Waals surface area contributed by atoms with Crippen LogP contribution < -0.4 is 4.31 Å². The van der Waals surface area contributed by atoms with Gasteiger partial charge in [-0.3, -0.25) is 4.31 Å². The zero-order chi connectivity index (χ0) is 22.8. The van der Waals surface area contributed by atoms with Crippen LogP contribution >= 0.6 is 0 Å². The number of halogens is 1. The van der Waals surface area contributed by atoms with Crippen LogP contribution in [0.3, 0.4) is 0 Å². The van der Waals surface area contributed by atoms with Gasteiger partial charge in [0.05, 0.1) is 36.4 Å². The quantitative estimate of drug-likeness (QED) is 0.502. The third-order valence-corrected chi connectivity index (χ3v) is 6.72. The Hall–Kier alpha value is -3.73. The molecule has 0 aliphatic carbocycles. The summed E-state index contributed by atoms with van der Waals surface area (Å²) in [6.45, 7) is 1.85. The first kappa shape index (κ1) is 20.2. The lowest BCUT2D eigenvalue weighted by Gasteiger charge is -2.22. The molecular formula is C21H17FN4O5S. The number of carboxylic acids is 1. The Morgan fingerprint density at radius 2 is 1.97 bits per heavy atom. The van der Waals surface area contributed by atoms with Crippen molar-refractivity contribution in [2.45, 2.75) is 19.5 Å². The van der Waals surface area contributed by atoms with Crippen LogP contribution in [0.4, 0.5) is 10.1 Å². The minimum Gasteiger partial charge on any atom is -0.478 e. The number of carboxylic acid groups (broad SMARTS) is 1. The number of rotatable bonds is 3. The molecule has 164 valence electrons. The Morgan fingerprint density at radius 1 is 1.25 bits per heavy atom. The number of benzene rings is 2. The third-order valence-electron chi connectivity index (χ3n) is 5.60. The second kappa shape index (κ2) is 6.89. The zero-order valence-corrected chi connectivity index (χ0v) is 17.8. The molecule has 0 spiro atoms. The van der Waals surface area contributed by atoms with Gasteiger partial charge in [0, 0.05) is 22.6 Å². The number of anilines is 1. The molecule has 9 nitrogen and oxygen atoms in total. The fraction of sp³-hybridized carbons (Fsp3) is 0.190. The predicted octanol–water partition coefficient (Wildman–Crippen LogP) is 3.42. The van der Waals surface area contributed by atoms with Gasteiger partial charge < -0.3 is 9.52 Å². The van der Waals surface area contributed by atoms with Crippen molar-refractivity contribution in [1.29, 1.82) is 0 Å². The van der Waals surface area contributed by atoms with Crippen LogP contribution in [0.25, 0.3) is 22.3 Å². The number of hydrogen-bond acceptors (Lipinski definition) is 6. The maximum absolute atomic E-state index is 13.4. The lowest BCUT2D eigenvalue weighted by atomic mass is 10.00. The fourth-order valence-corrected chi connectivity index (χ4v) is 4.96. The van der Waals surface area contributed by atoms with E-state index in [1.165, 1.54) is 40.8 Å². The number of carbonyl (C=O) groups is 1. The Labute approximate surface area is 181 Å². The van der Waals surface area contributed by atoms with E-state index in [1.807, 2.05) is 6.92 Å². The van der Waals surface area contributed by atoms with Gasteiger partial charge in [-0.25, -0.2) is 22.3 Å². The summed E-state index contributed by atoms with van der Waals surface area (Å²) in [5.41, 5.74) is 2.04. The van der Waals surface area contributed by atoms with Crippen LogP contribution in [0.2, 0.25) is 0 Å². The molecule has 1 aliphatic rings. The molecule has 1 unspecified atom stereocenters. The number of sulfonamides is 1. The molecule has 0 fully saturated rings. The predicted molar refractivity (Wildman–Crippen MR) is 113 cm³/mol. The van der Waals surface area contributed by atoms with Crippen molar-refractivity contribution in [1.82, 2.24) is 15.0 Å². The maximum Gasteiger partial charge on any atom is 0.340 e. The van der Waals surface area contributed by atoms with Gasteiger partial charge in [-0.2, -0.15) is 0 Å². The smallest absolute Gasteiger partial charge is 0.340 e. The van der Waals surface area contributed by atoms with Gasteiger partial charge in [0.25, 0.3) is 0 Å². The van der Waals surface area contributed by atoms with Gasteiger partial charge in [-0.1, -0.05) is 5.21 Å². The molecule has 4 aromatic rings. The lowest BCUT2D eigenvalue weighted by molar-refractivity contribution is 0.0699. The lowest BCUT2D eigenvalue weighted by Crippen LogP contribution is -2.29. The van der Waals surface area contributed by atoms with Crippen LogP contribution in [0.15, 0.2) is 47.0 Å². The number of hydrogen-bond donors (Lipinski definition) is 1. The van der Waals surface area contributed by atoms with E-state index < -0.39 is 27.9 Å². The Kier molecular flexibility index (Phi) is 4.35.